The van der Waals surface area contributed by atoms with E-state index in [0.29, 0.717) is 0 Å². The van der Waals surface area contributed by atoms with E-state index in [1.54, 1.807) is 0 Å². The third-order valence-corrected chi connectivity index (χ3v) is 0.831. The Kier molecular flexibility index (Phi) is 4.17. The highest BCUT2D eigenvalue weighted by molar-refractivity contribution is 7.75. The lowest BCUT2D eigenvalue weighted by molar-refractivity contribution is 0.185. The summed E-state index contributed by atoms with van der Waals surface area (Å²) in [5, 5.41) is 0. The van der Waals surface area contributed by atoms with E-state index < -0.39 is 18.2 Å². The zero-order valence-corrected chi connectivity index (χ0v) is 4.53. The standard InChI is InChI=1S/C2H5FO3S/c1-5-7(4)6-2-3/h2H2,1H3. The molecule has 0 heterocycles. The second-order valence-corrected chi connectivity index (χ2v) is 1.58. The highest BCUT2D eigenvalue weighted by Gasteiger charge is 1.91. The molecule has 0 N–H and O–H groups in total. The molecule has 0 bridgehead atoms. The Balaban J connectivity index is 3.00. The first kappa shape index (κ1) is 7.00. The summed E-state index contributed by atoms with van der Waals surface area (Å²) in [6.07, 6.45) is 0. The van der Waals surface area contributed by atoms with Crippen molar-refractivity contribution in [2.75, 3.05) is 14.0 Å². The van der Waals surface area contributed by atoms with E-state index in [1.165, 1.54) is 0 Å². The first-order valence-electron chi connectivity index (χ1n) is 1.46. The van der Waals surface area contributed by atoms with Crippen LogP contribution in [0.4, 0.5) is 4.39 Å². The fourth-order valence-electron chi connectivity index (χ4n) is 0.0845. The Morgan fingerprint density at radius 1 is 1.86 bits per heavy atom. The van der Waals surface area contributed by atoms with Crippen LogP contribution in [0.3, 0.4) is 0 Å². The normalized spacial score (nSPS) is 14.0. The summed E-state index contributed by atoms with van der Waals surface area (Å²) in [4.78, 5) is 0. The second-order valence-electron chi connectivity index (χ2n) is 0.598. The molecule has 5 heteroatoms. The van der Waals surface area contributed by atoms with Crippen LogP contribution in [0.25, 0.3) is 0 Å². The number of alkyl halides is 1. The summed E-state index contributed by atoms with van der Waals surface area (Å²) in [5.74, 6) is 0. The minimum Gasteiger partial charge on any atom is -0.272 e. The van der Waals surface area contributed by atoms with Crippen LogP contribution in [0.5, 0.6) is 0 Å². The van der Waals surface area contributed by atoms with E-state index >= 15 is 0 Å². The van der Waals surface area contributed by atoms with E-state index in [-0.39, 0.29) is 0 Å². The van der Waals surface area contributed by atoms with Crippen molar-refractivity contribution in [3.63, 3.8) is 0 Å². The smallest absolute Gasteiger partial charge is 0.272 e. The molecule has 0 aromatic heterocycles. The van der Waals surface area contributed by atoms with Gasteiger partial charge in [0.15, 0.2) is 0 Å². The van der Waals surface area contributed by atoms with Gasteiger partial charge in [-0.1, -0.05) is 0 Å². The van der Waals surface area contributed by atoms with Crippen molar-refractivity contribution in [3.8, 4) is 0 Å². The molecule has 0 saturated heterocycles. The van der Waals surface area contributed by atoms with Crippen LogP contribution in [-0.4, -0.2) is 18.2 Å². The average molecular weight is 128 g/mol. The van der Waals surface area contributed by atoms with Crippen LogP contribution in [0, 0.1) is 0 Å². The largest absolute Gasteiger partial charge is 0.306 e. The lowest BCUT2D eigenvalue weighted by atomic mass is 11.6. The molecule has 0 amide bonds. The molecule has 0 spiro atoms. The zero-order chi connectivity index (χ0) is 5.70. The first-order chi connectivity index (χ1) is 3.31. The van der Waals surface area contributed by atoms with Gasteiger partial charge in [-0.05, 0) is 0 Å². The minimum atomic E-state index is -1.90. The molecule has 0 aliphatic carbocycles. The molecule has 0 aromatic rings. The number of hydrogen-bond acceptors (Lipinski definition) is 3. The zero-order valence-electron chi connectivity index (χ0n) is 3.72. The molecule has 1 unspecified atom stereocenters. The second kappa shape index (κ2) is 4.17. The Morgan fingerprint density at radius 3 is 2.57 bits per heavy atom. The van der Waals surface area contributed by atoms with Gasteiger partial charge < -0.3 is 0 Å². The summed E-state index contributed by atoms with van der Waals surface area (Å²) >= 11 is -1.90. The molecule has 1 atom stereocenters. The third kappa shape index (κ3) is 3.84. The summed E-state index contributed by atoms with van der Waals surface area (Å²) < 4.78 is 28.5. The molecular weight excluding hydrogens is 123 g/mol. The van der Waals surface area contributed by atoms with Gasteiger partial charge in [0.1, 0.15) is 0 Å². The topological polar surface area (TPSA) is 35.5 Å². The van der Waals surface area contributed by atoms with Crippen molar-refractivity contribution < 1.29 is 17.0 Å². The Bertz CT molecular complexity index is 66.0. The molecule has 0 fully saturated rings. The van der Waals surface area contributed by atoms with E-state index in [2.05, 4.69) is 8.37 Å². The van der Waals surface area contributed by atoms with Crippen LogP contribution >= 0.6 is 0 Å². The molecular formula is C2H5FO3S. The van der Waals surface area contributed by atoms with Gasteiger partial charge in [-0.2, -0.15) is 4.21 Å². The Labute approximate surface area is 43.3 Å². The van der Waals surface area contributed by atoms with Crippen LogP contribution in [0.2, 0.25) is 0 Å². The quantitative estimate of drug-likeness (QED) is 0.543. The van der Waals surface area contributed by atoms with E-state index in [9.17, 15) is 8.60 Å². The van der Waals surface area contributed by atoms with Crippen molar-refractivity contribution in [1.29, 1.82) is 0 Å². The van der Waals surface area contributed by atoms with Gasteiger partial charge in [-0.15, -0.1) is 0 Å². The van der Waals surface area contributed by atoms with E-state index in [1.807, 2.05) is 0 Å². The summed E-state index contributed by atoms with van der Waals surface area (Å²) in [6.45, 7) is -1.08. The Hall–Kier alpha value is -0.0000000000000000278. The fourth-order valence-corrected chi connectivity index (χ4v) is 0.253. The molecule has 0 aliphatic heterocycles. The maximum Gasteiger partial charge on any atom is 0.306 e. The maximum absolute atomic E-state index is 10.9. The number of hydrogen-bond donors (Lipinski definition) is 0. The van der Waals surface area contributed by atoms with Gasteiger partial charge in [0, 0.05) is 0 Å². The average Bonchev–Trinajstić information content (AvgIpc) is 1.68. The van der Waals surface area contributed by atoms with Crippen LogP contribution < -0.4 is 0 Å². The lowest BCUT2D eigenvalue weighted by Gasteiger charge is -1.89. The highest BCUT2D eigenvalue weighted by Crippen LogP contribution is 1.83. The van der Waals surface area contributed by atoms with Crippen LogP contribution in [-0.2, 0) is 19.7 Å². The van der Waals surface area contributed by atoms with Gasteiger partial charge in [0.2, 0.25) is 6.86 Å². The summed E-state index contributed by atoms with van der Waals surface area (Å²) in [5.41, 5.74) is 0. The monoisotopic (exact) mass is 128 g/mol. The molecule has 0 radical (unpaired) electrons. The highest BCUT2D eigenvalue weighted by atomic mass is 32.2. The van der Waals surface area contributed by atoms with Gasteiger partial charge in [-0.25, -0.2) is 8.57 Å². The number of rotatable bonds is 3. The molecule has 0 saturated carbocycles. The lowest BCUT2D eigenvalue weighted by Crippen LogP contribution is -1.95. The minimum absolute atomic E-state index is 1.08. The van der Waals surface area contributed by atoms with E-state index in [4.69, 9.17) is 0 Å². The van der Waals surface area contributed by atoms with Gasteiger partial charge >= 0.3 is 11.4 Å². The molecule has 44 valence electrons. The molecule has 0 rings (SSSR count). The van der Waals surface area contributed by atoms with Crippen LogP contribution in [0.1, 0.15) is 0 Å². The Morgan fingerprint density at radius 2 is 2.43 bits per heavy atom. The molecule has 0 aliphatic rings. The fraction of sp³-hybridized carbons (Fsp3) is 1.00. The molecule has 7 heavy (non-hydrogen) atoms. The van der Waals surface area contributed by atoms with Gasteiger partial charge in [-0.3, -0.25) is 4.18 Å². The van der Waals surface area contributed by atoms with Crippen molar-refractivity contribution in [2.45, 2.75) is 0 Å². The van der Waals surface area contributed by atoms with E-state index in [0.717, 1.165) is 7.11 Å². The van der Waals surface area contributed by atoms with Crippen molar-refractivity contribution in [3.05, 3.63) is 0 Å². The van der Waals surface area contributed by atoms with Crippen molar-refractivity contribution in [2.24, 2.45) is 0 Å². The maximum atomic E-state index is 10.9. The third-order valence-electron chi connectivity index (χ3n) is 0.277. The molecule has 3 nitrogen and oxygen atoms in total. The van der Waals surface area contributed by atoms with Crippen molar-refractivity contribution in [1.82, 2.24) is 0 Å². The first-order valence-corrected chi connectivity index (χ1v) is 2.46. The summed E-state index contributed by atoms with van der Waals surface area (Å²) in [7, 11) is 1.16. The van der Waals surface area contributed by atoms with Crippen molar-refractivity contribution >= 4 is 11.4 Å². The van der Waals surface area contributed by atoms with Gasteiger partial charge in [0.05, 0.1) is 7.11 Å². The van der Waals surface area contributed by atoms with Gasteiger partial charge in [0.25, 0.3) is 0 Å². The SMILES string of the molecule is COS(=O)OCF. The predicted octanol–water partition coefficient (Wildman–Crippen LogP) is 0.155. The molecule has 0 aromatic carbocycles. The predicted molar refractivity (Wildman–Crippen MR) is 22.2 cm³/mol. The van der Waals surface area contributed by atoms with Crippen LogP contribution in [0.15, 0.2) is 0 Å². The number of halogens is 1. The summed E-state index contributed by atoms with van der Waals surface area (Å²) in [6, 6.07) is 0.